The van der Waals surface area contributed by atoms with E-state index in [-0.39, 0.29) is 5.54 Å². The Labute approximate surface area is 91.2 Å². The summed E-state index contributed by atoms with van der Waals surface area (Å²) in [4.78, 5) is 0. The lowest BCUT2D eigenvalue weighted by Gasteiger charge is -2.19. The van der Waals surface area contributed by atoms with E-state index in [1.807, 2.05) is 32.0 Å². The van der Waals surface area contributed by atoms with Crippen molar-refractivity contribution in [2.45, 2.75) is 25.8 Å². The summed E-state index contributed by atoms with van der Waals surface area (Å²) in [5.41, 5.74) is 6.87. The van der Waals surface area contributed by atoms with Crippen LogP contribution in [0.15, 0.2) is 18.2 Å². The van der Waals surface area contributed by atoms with Gasteiger partial charge in [-0.3, -0.25) is 0 Å². The molecule has 84 valence electrons. The third-order valence-electron chi connectivity index (χ3n) is 2.07. The lowest BCUT2D eigenvalue weighted by molar-refractivity contribution is 0.392. The molecule has 0 heterocycles. The highest BCUT2D eigenvalue weighted by atomic mass is 16.5. The van der Waals surface area contributed by atoms with E-state index in [0.29, 0.717) is 0 Å². The minimum absolute atomic E-state index is 0.225. The molecule has 1 aromatic carbocycles. The van der Waals surface area contributed by atoms with Gasteiger partial charge in [0.2, 0.25) is 0 Å². The second kappa shape index (κ2) is 4.53. The zero-order valence-electron chi connectivity index (χ0n) is 9.83. The number of nitrogens with two attached hydrogens (primary N) is 1. The lowest BCUT2D eigenvalue weighted by atomic mass is 9.96. The third kappa shape index (κ3) is 3.80. The molecule has 0 aliphatic carbocycles. The predicted octanol–water partition coefficient (Wildman–Crippen LogP) is 1.98. The Bertz CT molecular complexity index is 307. The van der Waals surface area contributed by atoms with Gasteiger partial charge in [-0.2, -0.15) is 0 Å². The molecule has 1 rings (SSSR count). The van der Waals surface area contributed by atoms with Gasteiger partial charge in [-0.25, -0.2) is 0 Å². The molecule has 0 aliphatic rings. The van der Waals surface area contributed by atoms with Gasteiger partial charge in [0.05, 0.1) is 14.2 Å². The summed E-state index contributed by atoms with van der Waals surface area (Å²) >= 11 is 0. The van der Waals surface area contributed by atoms with Gasteiger partial charge in [-0.05, 0) is 38.0 Å². The molecule has 0 spiro atoms. The molecule has 0 aromatic heterocycles. The van der Waals surface area contributed by atoms with E-state index in [1.54, 1.807) is 14.2 Å². The molecule has 1 aromatic rings. The molecule has 0 amide bonds. The molecule has 0 fully saturated rings. The van der Waals surface area contributed by atoms with Crippen molar-refractivity contribution < 1.29 is 9.47 Å². The Balaban J connectivity index is 2.97. The maximum absolute atomic E-state index is 5.97. The lowest BCUT2D eigenvalue weighted by Crippen LogP contribution is -2.34. The summed E-state index contributed by atoms with van der Waals surface area (Å²) in [6, 6.07) is 5.82. The van der Waals surface area contributed by atoms with Gasteiger partial charge in [-0.1, -0.05) is 0 Å². The van der Waals surface area contributed by atoms with E-state index < -0.39 is 0 Å². The maximum atomic E-state index is 5.97. The van der Waals surface area contributed by atoms with Gasteiger partial charge >= 0.3 is 0 Å². The summed E-state index contributed by atoms with van der Waals surface area (Å²) in [6.45, 7) is 4.00. The summed E-state index contributed by atoms with van der Waals surface area (Å²) in [5.74, 6) is 1.60. The smallest absolute Gasteiger partial charge is 0.122 e. The fourth-order valence-corrected chi connectivity index (χ4v) is 1.49. The molecular weight excluding hydrogens is 190 g/mol. The highest BCUT2D eigenvalue weighted by Crippen LogP contribution is 2.24. The molecule has 0 saturated carbocycles. The number of methoxy groups -OCH3 is 2. The summed E-state index contributed by atoms with van der Waals surface area (Å²) in [7, 11) is 3.29. The van der Waals surface area contributed by atoms with Crippen molar-refractivity contribution in [2.75, 3.05) is 14.2 Å². The first-order valence-corrected chi connectivity index (χ1v) is 4.95. The van der Waals surface area contributed by atoms with E-state index in [4.69, 9.17) is 15.2 Å². The van der Waals surface area contributed by atoms with Crippen molar-refractivity contribution >= 4 is 0 Å². The average Bonchev–Trinajstić information content (AvgIpc) is 2.14. The predicted molar refractivity (Wildman–Crippen MR) is 61.5 cm³/mol. The molecule has 0 unspecified atom stereocenters. The average molecular weight is 209 g/mol. The Morgan fingerprint density at radius 1 is 1.07 bits per heavy atom. The topological polar surface area (TPSA) is 44.5 Å². The monoisotopic (exact) mass is 209 g/mol. The first-order valence-electron chi connectivity index (χ1n) is 4.95. The van der Waals surface area contributed by atoms with Crippen LogP contribution in [0.4, 0.5) is 0 Å². The number of ether oxygens (including phenoxy) is 2. The fraction of sp³-hybridized carbons (Fsp3) is 0.500. The third-order valence-corrected chi connectivity index (χ3v) is 2.07. The minimum atomic E-state index is -0.225. The maximum Gasteiger partial charge on any atom is 0.122 e. The number of benzene rings is 1. The molecule has 2 N–H and O–H groups in total. The van der Waals surface area contributed by atoms with Crippen molar-refractivity contribution in [3.63, 3.8) is 0 Å². The van der Waals surface area contributed by atoms with Gasteiger partial charge < -0.3 is 15.2 Å². The Hall–Kier alpha value is -1.22. The van der Waals surface area contributed by atoms with E-state index in [9.17, 15) is 0 Å². The molecule has 0 saturated heterocycles. The Kier molecular flexibility index (Phi) is 3.58. The van der Waals surface area contributed by atoms with Gasteiger partial charge in [0.15, 0.2) is 0 Å². The first-order chi connectivity index (χ1) is 6.94. The molecule has 0 bridgehead atoms. The molecule has 0 aliphatic heterocycles. The zero-order valence-corrected chi connectivity index (χ0v) is 9.83. The fourth-order valence-electron chi connectivity index (χ4n) is 1.49. The molecule has 3 nitrogen and oxygen atoms in total. The van der Waals surface area contributed by atoms with E-state index in [2.05, 4.69) is 0 Å². The quantitative estimate of drug-likeness (QED) is 0.824. The summed E-state index contributed by atoms with van der Waals surface area (Å²) in [5, 5.41) is 0. The van der Waals surface area contributed by atoms with Crippen LogP contribution in [0.25, 0.3) is 0 Å². The molecule has 0 radical (unpaired) electrons. The van der Waals surface area contributed by atoms with Gasteiger partial charge in [0.1, 0.15) is 11.5 Å². The highest BCUT2D eigenvalue weighted by Gasteiger charge is 2.13. The van der Waals surface area contributed by atoms with E-state index >= 15 is 0 Å². The van der Waals surface area contributed by atoms with Gasteiger partial charge in [0, 0.05) is 11.6 Å². The van der Waals surface area contributed by atoms with Crippen LogP contribution in [0, 0.1) is 0 Å². The van der Waals surface area contributed by atoms with Crippen LogP contribution >= 0.6 is 0 Å². The van der Waals surface area contributed by atoms with Crippen LogP contribution in [0.1, 0.15) is 19.4 Å². The SMILES string of the molecule is COc1cc(CC(C)(C)N)cc(OC)c1. The summed E-state index contributed by atoms with van der Waals surface area (Å²) in [6.07, 6.45) is 0.792. The molecule has 0 atom stereocenters. The van der Waals surface area contributed by atoms with Crippen LogP contribution in [0.5, 0.6) is 11.5 Å². The zero-order chi connectivity index (χ0) is 11.5. The first kappa shape index (κ1) is 11.9. The second-order valence-electron chi connectivity index (χ2n) is 4.39. The van der Waals surface area contributed by atoms with E-state index in [1.165, 1.54) is 0 Å². The van der Waals surface area contributed by atoms with E-state index in [0.717, 1.165) is 23.5 Å². The van der Waals surface area contributed by atoms with Crippen LogP contribution in [0.2, 0.25) is 0 Å². The van der Waals surface area contributed by atoms with Crippen molar-refractivity contribution in [1.82, 2.24) is 0 Å². The molecular formula is C12H19NO2. The Morgan fingerprint density at radius 2 is 1.53 bits per heavy atom. The van der Waals surface area contributed by atoms with Crippen molar-refractivity contribution in [3.8, 4) is 11.5 Å². The molecule has 15 heavy (non-hydrogen) atoms. The normalized spacial score (nSPS) is 11.3. The van der Waals surface area contributed by atoms with Crippen LogP contribution < -0.4 is 15.2 Å². The minimum Gasteiger partial charge on any atom is -0.497 e. The number of hydrogen-bond donors (Lipinski definition) is 1. The van der Waals surface area contributed by atoms with Crippen molar-refractivity contribution in [3.05, 3.63) is 23.8 Å². The number of hydrogen-bond acceptors (Lipinski definition) is 3. The molecule has 3 heteroatoms. The standard InChI is InChI=1S/C12H19NO2/c1-12(2,13)8-9-5-10(14-3)7-11(6-9)15-4/h5-7H,8,13H2,1-4H3. The largest absolute Gasteiger partial charge is 0.497 e. The van der Waals surface area contributed by atoms with Crippen LogP contribution in [-0.4, -0.2) is 19.8 Å². The highest BCUT2D eigenvalue weighted by molar-refractivity contribution is 5.39. The van der Waals surface area contributed by atoms with Crippen molar-refractivity contribution in [1.29, 1.82) is 0 Å². The van der Waals surface area contributed by atoms with Gasteiger partial charge in [0.25, 0.3) is 0 Å². The Morgan fingerprint density at radius 3 is 1.87 bits per heavy atom. The van der Waals surface area contributed by atoms with Gasteiger partial charge in [-0.15, -0.1) is 0 Å². The van der Waals surface area contributed by atoms with Crippen LogP contribution in [-0.2, 0) is 6.42 Å². The second-order valence-corrected chi connectivity index (χ2v) is 4.39. The van der Waals surface area contributed by atoms with Crippen molar-refractivity contribution in [2.24, 2.45) is 5.73 Å². The number of rotatable bonds is 4. The van der Waals surface area contributed by atoms with Crippen LogP contribution in [0.3, 0.4) is 0 Å². The summed E-state index contributed by atoms with van der Waals surface area (Å²) < 4.78 is 10.4.